The highest BCUT2D eigenvalue weighted by molar-refractivity contribution is 5.91. The largest absolute Gasteiger partial charge is 0.507 e. The highest BCUT2D eigenvalue weighted by atomic mass is 16.4. The standard InChI is InChI=1S/C12H15NO3/c1-6-4-8(10(13)7-2-3-7)11(14)9(5-6)12(15)16/h4-5,7,10,14H,2-3,13H2,1H3,(H,15,16)/t10-/m0/s1. The minimum Gasteiger partial charge on any atom is -0.507 e. The van der Waals surface area contributed by atoms with Crippen molar-refractivity contribution in [1.82, 2.24) is 0 Å². The molecular weight excluding hydrogens is 206 g/mol. The molecule has 4 heteroatoms. The Kier molecular flexibility index (Phi) is 2.59. The summed E-state index contributed by atoms with van der Waals surface area (Å²) in [4.78, 5) is 10.9. The molecule has 0 spiro atoms. The fraction of sp³-hybridized carbons (Fsp3) is 0.417. The number of carboxylic acids is 1. The number of nitrogens with two attached hydrogens (primary N) is 1. The van der Waals surface area contributed by atoms with E-state index in [0.29, 0.717) is 11.5 Å². The third kappa shape index (κ3) is 1.88. The van der Waals surface area contributed by atoms with Crippen molar-refractivity contribution in [2.45, 2.75) is 25.8 Å². The van der Waals surface area contributed by atoms with Gasteiger partial charge >= 0.3 is 5.97 Å². The van der Waals surface area contributed by atoms with Crippen molar-refractivity contribution < 1.29 is 15.0 Å². The molecule has 1 saturated carbocycles. The molecule has 0 aromatic heterocycles. The van der Waals surface area contributed by atoms with Gasteiger partial charge in [-0.2, -0.15) is 0 Å². The van der Waals surface area contributed by atoms with E-state index >= 15 is 0 Å². The Hall–Kier alpha value is -1.55. The molecule has 0 unspecified atom stereocenters. The molecule has 86 valence electrons. The molecule has 1 aliphatic rings. The number of hydrogen-bond donors (Lipinski definition) is 3. The molecule has 4 N–H and O–H groups in total. The fourth-order valence-corrected chi connectivity index (χ4v) is 1.93. The first-order chi connectivity index (χ1) is 7.50. The van der Waals surface area contributed by atoms with E-state index in [1.54, 1.807) is 13.0 Å². The number of benzene rings is 1. The first kappa shape index (κ1) is 11.0. The normalized spacial score (nSPS) is 17.1. The molecule has 1 atom stereocenters. The maximum atomic E-state index is 10.9. The topological polar surface area (TPSA) is 83.5 Å². The number of phenols is 1. The van der Waals surface area contributed by atoms with Gasteiger partial charge in [-0.05, 0) is 37.3 Å². The van der Waals surface area contributed by atoms with Crippen molar-refractivity contribution >= 4 is 5.97 Å². The van der Waals surface area contributed by atoms with Gasteiger partial charge < -0.3 is 15.9 Å². The van der Waals surface area contributed by atoms with Crippen molar-refractivity contribution in [1.29, 1.82) is 0 Å². The summed E-state index contributed by atoms with van der Waals surface area (Å²) < 4.78 is 0. The number of aromatic hydroxyl groups is 1. The SMILES string of the molecule is Cc1cc(C(=O)O)c(O)c([C@@H](N)C2CC2)c1. The van der Waals surface area contributed by atoms with Crippen molar-refractivity contribution in [3.63, 3.8) is 0 Å². The van der Waals surface area contributed by atoms with Gasteiger partial charge in [0.15, 0.2) is 0 Å². The van der Waals surface area contributed by atoms with E-state index in [4.69, 9.17) is 10.8 Å². The zero-order chi connectivity index (χ0) is 11.9. The fourth-order valence-electron chi connectivity index (χ4n) is 1.93. The monoisotopic (exact) mass is 221 g/mol. The van der Waals surface area contributed by atoms with Gasteiger partial charge in [0.25, 0.3) is 0 Å². The van der Waals surface area contributed by atoms with Crippen LogP contribution in [0.2, 0.25) is 0 Å². The minimum absolute atomic E-state index is 0.0638. The number of aryl methyl sites for hydroxylation is 1. The third-order valence-electron chi connectivity index (χ3n) is 3.00. The van der Waals surface area contributed by atoms with Gasteiger partial charge in [-0.3, -0.25) is 0 Å². The van der Waals surface area contributed by atoms with Crippen molar-refractivity contribution in [2.24, 2.45) is 11.7 Å². The van der Waals surface area contributed by atoms with Crippen LogP contribution in [0.15, 0.2) is 12.1 Å². The van der Waals surface area contributed by atoms with E-state index < -0.39 is 5.97 Å². The predicted octanol–water partition coefficient (Wildman–Crippen LogP) is 1.81. The van der Waals surface area contributed by atoms with Gasteiger partial charge in [0, 0.05) is 11.6 Å². The Labute approximate surface area is 93.7 Å². The second-order valence-electron chi connectivity index (χ2n) is 4.42. The highest BCUT2D eigenvalue weighted by Gasteiger charge is 2.32. The summed E-state index contributed by atoms with van der Waals surface area (Å²) in [6, 6.07) is 2.98. The summed E-state index contributed by atoms with van der Waals surface area (Å²) in [5, 5.41) is 18.8. The van der Waals surface area contributed by atoms with Crippen LogP contribution in [0.5, 0.6) is 5.75 Å². The van der Waals surface area contributed by atoms with Gasteiger partial charge in [0.2, 0.25) is 0 Å². The minimum atomic E-state index is -1.12. The van der Waals surface area contributed by atoms with Crippen molar-refractivity contribution in [2.75, 3.05) is 0 Å². The molecule has 0 radical (unpaired) electrons. The smallest absolute Gasteiger partial charge is 0.339 e. The Bertz CT molecular complexity index is 438. The Morgan fingerprint density at radius 2 is 2.12 bits per heavy atom. The molecule has 0 aliphatic heterocycles. The first-order valence-electron chi connectivity index (χ1n) is 5.33. The van der Waals surface area contributed by atoms with Gasteiger partial charge in [-0.15, -0.1) is 0 Å². The predicted molar refractivity (Wildman–Crippen MR) is 59.5 cm³/mol. The van der Waals surface area contributed by atoms with E-state index in [9.17, 15) is 9.90 Å². The lowest BCUT2D eigenvalue weighted by Gasteiger charge is -2.15. The highest BCUT2D eigenvalue weighted by Crippen LogP contribution is 2.42. The lowest BCUT2D eigenvalue weighted by atomic mass is 9.97. The van der Waals surface area contributed by atoms with E-state index in [0.717, 1.165) is 18.4 Å². The average molecular weight is 221 g/mol. The molecule has 1 fully saturated rings. The molecule has 1 aromatic rings. The molecule has 16 heavy (non-hydrogen) atoms. The third-order valence-corrected chi connectivity index (χ3v) is 3.00. The second-order valence-corrected chi connectivity index (χ2v) is 4.42. The summed E-state index contributed by atoms with van der Waals surface area (Å²) in [5.41, 5.74) is 7.28. The molecule has 4 nitrogen and oxygen atoms in total. The maximum Gasteiger partial charge on any atom is 0.339 e. The Morgan fingerprint density at radius 1 is 1.50 bits per heavy atom. The zero-order valence-corrected chi connectivity index (χ0v) is 9.10. The number of rotatable bonds is 3. The molecule has 2 rings (SSSR count). The molecule has 1 aliphatic carbocycles. The van der Waals surface area contributed by atoms with E-state index in [1.807, 2.05) is 0 Å². The van der Waals surface area contributed by atoms with Crippen LogP contribution in [-0.2, 0) is 0 Å². The van der Waals surface area contributed by atoms with E-state index in [1.165, 1.54) is 6.07 Å². The summed E-state index contributed by atoms with van der Waals surface area (Å²) in [7, 11) is 0. The first-order valence-corrected chi connectivity index (χ1v) is 5.33. The number of carbonyl (C=O) groups is 1. The van der Waals surface area contributed by atoms with Crippen LogP contribution in [0.4, 0.5) is 0 Å². The maximum absolute atomic E-state index is 10.9. The van der Waals surface area contributed by atoms with E-state index in [-0.39, 0.29) is 17.4 Å². The summed E-state index contributed by atoms with van der Waals surface area (Å²) in [5.74, 6) is -0.919. The van der Waals surface area contributed by atoms with Crippen LogP contribution in [-0.4, -0.2) is 16.2 Å². The Balaban J connectivity index is 2.47. The summed E-state index contributed by atoms with van der Waals surface area (Å²) >= 11 is 0. The molecule has 0 heterocycles. The van der Waals surface area contributed by atoms with Gasteiger partial charge in [0.05, 0.1) is 0 Å². The van der Waals surface area contributed by atoms with Crippen LogP contribution in [0.25, 0.3) is 0 Å². The lowest BCUT2D eigenvalue weighted by Crippen LogP contribution is -2.14. The summed E-state index contributed by atoms with van der Waals surface area (Å²) in [6.07, 6.45) is 2.11. The van der Waals surface area contributed by atoms with Gasteiger partial charge in [-0.25, -0.2) is 4.79 Å². The summed E-state index contributed by atoms with van der Waals surface area (Å²) in [6.45, 7) is 1.80. The van der Waals surface area contributed by atoms with E-state index in [2.05, 4.69) is 0 Å². The Morgan fingerprint density at radius 3 is 2.62 bits per heavy atom. The molecular formula is C12H15NO3. The lowest BCUT2D eigenvalue weighted by molar-refractivity contribution is 0.0693. The van der Waals surface area contributed by atoms with Crippen LogP contribution in [0, 0.1) is 12.8 Å². The molecule has 0 amide bonds. The average Bonchev–Trinajstić information content (AvgIpc) is 3.03. The van der Waals surface area contributed by atoms with Crippen molar-refractivity contribution in [3.05, 3.63) is 28.8 Å². The number of aromatic carboxylic acids is 1. The number of hydrogen-bond acceptors (Lipinski definition) is 3. The van der Waals surface area contributed by atoms with Crippen LogP contribution in [0.1, 0.15) is 40.4 Å². The quantitative estimate of drug-likeness (QED) is 0.726. The number of carboxylic acid groups (broad SMARTS) is 1. The zero-order valence-electron chi connectivity index (χ0n) is 9.10. The van der Waals surface area contributed by atoms with Gasteiger partial charge in [0.1, 0.15) is 11.3 Å². The molecule has 0 bridgehead atoms. The van der Waals surface area contributed by atoms with Crippen LogP contribution in [0.3, 0.4) is 0 Å². The molecule has 1 aromatic carbocycles. The molecule has 0 saturated heterocycles. The van der Waals surface area contributed by atoms with Gasteiger partial charge in [-0.1, -0.05) is 6.07 Å². The van der Waals surface area contributed by atoms with Crippen LogP contribution >= 0.6 is 0 Å². The second kappa shape index (κ2) is 3.79. The van der Waals surface area contributed by atoms with Crippen LogP contribution < -0.4 is 5.73 Å². The van der Waals surface area contributed by atoms with Crippen molar-refractivity contribution in [3.8, 4) is 5.75 Å².